The number of rotatable bonds is 9. The monoisotopic (exact) mass is 432 g/mol. The predicted molar refractivity (Wildman–Crippen MR) is 141 cm³/mol. The number of allylic oxidation sites excluding steroid dienone is 2. The third-order valence-electron chi connectivity index (χ3n) is 5.82. The third-order valence-corrected chi connectivity index (χ3v) is 5.82. The van der Waals surface area contributed by atoms with Crippen LogP contribution in [0.2, 0.25) is 0 Å². The third kappa shape index (κ3) is 6.90. The van der Waals surface area contributed by atoms with Gasteiger partial charge in [0.2, 0.25) is 0 Å². The zero-order valence-electron chi connectivity index (χ0n) is 19.9. The van der Waals surface area contributed by atoms with Crippen molar-refractivity contribution in [3.8, 4) is 52.7 Å². The number of hydrogen-bond donors (Lipinski definition) is 0. The Kier molecular flexibility index (Phi) is 8.57. The van der Waals surface area contributed by atoms with Crippen molar-refractivity contribution in [1.29, 1.82) is 0 Å². The van der Waals surface area contributed by atoms with Gasteiger partial charge in [-0.05, 0) is 91.6 Å². The summed E-state index contributed by atoms with van der Waals surface area (Å²) in [6, 6.07) is 22.5. The van der Waals surface area contributed by atoms with E-state index >= 15 is 0 Å². The summed E-state index contributed by atoms with van der Waals surface area (Å²) in [7, 11) is 0. The second-order valence-corrected chi connectivity index (χ2v) is 8.75. The van der Waals surface area contributed by atoms with E-state index in [9.17, 15) is 0 Å². The molecule has 0 saturated heterocycles. The van der Waals surface area contributed by atoms with Gasteiger partial charge in [0, 0.05) is 11.1 Å². The molecule has 0 aliphatic carbocycles. The van der Waals surface area contributed by atoms with Gasteiger partial charge in [-0.2, -0.15) is 0 Å². The molecule has 0 spiro atoms. The first-order valence-electron chi connectivity index (χ1n) is 11.5. The molecule has 0 aromatic heterocycles. The lowest BCUT2D eigenvalue weighted by atomic mass is 9.95. The highest BCUT2D eigenvalue weighted by molar-refractivity contribution is 5.75. The van der Waals surface area contributed by atoms with Crippen LogP contribution in [0.4, 0.5) is 0 Å². The van der Waals surface area contributed by atoms with Crippen LogP contribution in [0.1, 0.15) is 51.2 Å². The first-order chi connectivity index (χ1) is 16.0. The van der Waals surface area contributed by atoms with Crippen molar-refractivity contribution in [3.05, 3.63) is 89.5 Å². The van der Waals surface area contributed by atoms with E-state index in [1.54, 1.807) is 0 Å². The Morgan fingerprint density at radius 1 is 0.848 bits per heavy atom. The largest absolute Gasteiger partial charge is 0.494 e. The lowest BCUT2D eigenvalue weighted by Crippen LogP contribution is -2.04. The van der Waals surface area contributed by atoms with Crippen molar-refractivity contribution < 1.29 is 4.74 Å². The maximum Gasteiger partial charge on any atom is 0.119 e. The van der Waals surface area contributed by atoms with Gasteiger partial charge in [0.25, 0.3) is 0 Å². The van der Waals surface area contributed by atoms with Gasteiger partial charge >= 0.3 is 0 Å². The quantitative estimate of drug-likeness (QED) is 0.245. The van der Waals surface area contributed by atoms with Gasteiger partial charge < -0.3 is 4.74 Å². The van der Waals surface area contributed by atoms with E-state index in [0.29, 0.717) is 5.92 Å². The number of hydrogen-bond acceptors (Lipinski definition) is 1. The Hall–Kier alpha value is -3.68. The SMILES string of the molecule is C#Cc1ccc(C#C)c(-c2ccc(-c3ccc(OCC[C@H](C)CCC=C(C)C)cc3)cc2)c1. The van der Waals surface area contributed by atoms with Crippen LogP contribution in [0.3, 0.4) is 0 Å². The molecule has 0 saturated carbocycles. The van der Waals surface area contributed by atoms with E-state index < -0.39 is 0 Å². The highest BCUT2D eigenvalue weighted by Gasteiger charge is 2.07. The standard InChI is InChI=1S/C32H32O/c1-6-26-11-12-27(7-2)32(23-26)30-15-13-28(14-16-30)29-17-19-31(20-18-29)33-22-21-25(5)10-8-9-24(3)4/h1-2,9,11-20,23,25H,8,10,21-22H2,3-5H3/t25-/m1/s1. The summed E-state index contributed by atoms with van der Waals surface area (Å²) in [5, 5.41) is 0. The molecule has 0 amide bonds. The molecule has 3 rings (SSSR count). The summed E-state index contributed by atoms with van der Waals surface area (Å²) in [4.78, 5) is 0. The van der Waals surface area contributed by atoms with E-state index in [4.69, 9.17) is 17.6 Å². The summed E-state index contributed by atoms with van der Waals surface area (Å²) in [6.07, 6.45) is 17.0. The Morgan fingerprint density at radius 2 is 1.48 bits per heavy atom. The Morgan fingerprint density at radius 3 is 2.09 bits per heavy atom. The van der Waals surface area contributed by atoms with Crippen LogP contribution in [0.15, 0.2) is 78.4 Å². The number of ether oxygens (including phenoxy) is 1. The van der Waals surface area contributed by atoms with Crippen LogP contribution in [-0.4, -0.2) is 6.61 Å². The summed E-state index contributed by atoms with van der Waals surface area (Å²) in [5.41, 5.74) is 7.40. The van der Waals surface area contributed by atoms with Crippen molar-refractivity contribution in [3.63, 3.8) is 0 Å². The first kappa shape index (κ1) is 24.0. The van der Waals surface area contributed by atoms with Crippen molar-refractivity contribution in [2.24, 2.45) is 5.92 Å². The molecule has 0 heterocycles. The zero-order valence-corrected chi connectivity index (χ0v) is 19.9. The minimum absolute atomic E-state index is 0.662. The molecule has 0 N–H and O–H groups in total. The summed E-state index contributed by atoms with van der Waals surface area (Å²) >= 11 is 0. The fourth-order valence-electron chi connectivity index (χ4n) is 3.76. The molecule has 33 heavy (non-hydrogen) atoms. The number of terminal acetylenes is 2. The molecule has 0 aliphatic rings. The van der Waals surface area contributed by atoms with Crippen LogP contribution < -0.4 is 4.74 Å². The van der Waals surface area contributed by atoms with Crippen molar-refractivity contribution >= 4 is 0 Å². The summed E-state index contributed by atoms with van der Waals surface area (Å²) in [6.45, 7) is 7.35. The normalized spacial score (nSPS) is 11.2. The predicted octanol–water partition coefficient (Wildman–Crippen LogP) is 8.13. The molecular formula is C32H32O. The Balaban J connectivity index is 1.60. The molecule has 0 aliphatic heterocycles. The second kappa shape index (κ2) is 11.8. The van der Waals surface area contributed by atoms with E-state index in [1.807, 2.05) is 30.3 Å². The van der Waals surface area contributed by atoms with Crippen molar-refractivity contribution in [2.45, 2.75) is 40.0 Å². The second-order valence-electron chi connectivity index (χ2n) is 8.75. The molecule has 1 heteroatoms. The molecule has 1 nitrogen and oxygen atoms in total. The van der Waals surface area contributed by atoms with Gasteiger partial charge in [-0.3, -0.25) is 0 Å². The fourth-order valence-corrected chi connectivity index (χ4v) is 3.76. The van der Waals surface area contributed by atoms with Gasteiger partial charge in [-0.25, -0.2) is 0 Å². The fraction of sp³-hybridized carbons (Fsp3) is 0.250. The summed E-state index contributed by atoms with van der Waals surface area (Å²) in [5.74, 6) is 7.01. The molecule has 0 fully saturated rings. The first-order valence-corrected chi connectivity index (χ1v) is 11.5. The molecule has 166 valence electrons. The zero-order chi connectivity index (χ0) is 23.6. The lowest BCUT2D eigenvalue weighted by Gasteiger charge is -2.12. The van der Waals surface area contributed by atoms with Gasteiger partial charge in [0.1, 0.15) is 5.75 Å². The highest BCUT2D eigenvalue weighted by atomic mass is 16.5. The van der Waals surface area contributed by atoms with Crippen molar-refractivity contribution in [2.75, 3.05) is 6.61 Å². The van der Waals surface area contributed by atoms with Crippen LogP contribution in [0, 0.1) is 30.6 Å². The van der Waals surface area contributed by atoms with Crippen molar-refractivity contribution in [1.82, 2.24) is 0 Å². The average molecular weight is 433 g/mol. The Labute approximate surface area is 199 Å². The van der Waals surface area contributed by atoms with Crippen LogP contribution in [0.25, 0.3) is 22.3 Å². The maximum atomic E-state index is 5.97. The van der Waals surface area contributed by atoms with Crippen LogP contribution >= 0.6 is 0 Å². The Bertz CT molecular complexity index is 1160. The molecular weight excluding hydrogens is 400 g/mol. The van der Waals surface area contributed by atoms with Gasteiger partial charge in [0.05, 0.1) is 6.61 Å². The average Bonchev–Trinajstić information content (AvgIpc) is 2.84. The van der Waals surface area contributed by atoms with Gasteiger partial charge in [-0.15, -0.1) is 12.8 Å². The van der Waals surface area contributed by atoms with E-state index in [2.05, 4.69) is 75.1 Å². The highest BCUT2D eigenvalue weighted by Crippen LogP contribution is 2.29. The summed E-state index contributed by atoms with van der Waals surface area (Å²) < 4.78 is 5.97. The van der Waals surface area contributed by atoms with E-state index in [1.165, 1.54) is 12.0 Å². The van der Waals surface area contributed by atoms with Gasteiger partial charge in [0.15, 0.2) is 0 Å². The maximum absolute atomic E-state index is 5.97. The molecule has 3 aromatic rings. The lowest BCUT2D eigenvalue weighted by molar-refractivity contribution is 0.279. The van der Waals surface area contributed by atoms with Crippen LogP contribution in [-0.2, 0) is 0 Å². The van der Waals surface area contributed by atoms with Gasteiger partial charge in [-0.1, -0.05) is 66.8 Å². The number of benzene rings is 3. The molecule has 0 bridgehead atoms. The molecule has 1 atom stereocenters. The minimum Gasteiger partial charge on any atom is -0.494 e. The molecule has 0 radical (unpaired) electrons. The minimum atomic E-state index is 0.662. The topological polar surface area (TPSA) is 9.23 Å². The van der Waals surface area contributed by atoms with E-state index in [0.717, 1.165) is 58.6 Å². The smallest absolute Gasteiger partial charge is 0.119 e. The molecule has 0 unspecified atom stereocenters. The van der Waals surface area contributed by atoms with E-state index in [-0.39, 0.29) is 0 Å². The van der Waals surface area contributed by atoms with Crippen LogP contribution in [0.5, 0.6) is 5.75 Å². The molecule has 3 aromatic carbocycles.